The van der Waals surface area contributed by atoms with Crippen LogP contribution in [0.3, 0.4) is 0 Å². The van der Waals surface area contributed by atoms with Gasteiger partial charge in [-0.25, -0.2) is 4.98 Å². The summed E-state index contributed by atoms with van der Waals surface area (Å²) < 4.78 is 11.5. The maximum atomic E-state index is 6.01. The molecule has 172 valence electrons. The molecular formula is C27H27N5O2. The van der Waals surface area contributed by atoms with Crippen molar-refractivity contribution in [1.29, 1.82) is 0 Å². The van der Waals surface area contributed by atoms with E-state index >= 15 is 0 Å². The van der Waals surface area contributed by atoms with Gasteiger partial charge in [0, 0.05) is 43.2 Å². The molecule has 34 heavy (non-hydrogen) atoms. The number of hydrogen-bond acceptors (Lipinski definition) is 7. The van der Waals surface area contributed by atoms with E-state index in [0.717, 1.165) is 60.9 Å². The molecule has 1 saturated heterocycles. The minimum absolute atomic E-state index is 0.377. The van der Waals surface area contributed by atoms with Crippen LogP contribution in [-0.2, 0) is 17.7 Å². The van der Waals surface area contributed by atoms with E-state index in [9.17, 15) is 0 Å². The summed E-state index contributed by atoms with van der Waals surface area (Å²) in [5, 5.41) is 11.2. The Morgan fingerprint density at radius 1 is 0.882 bits per heavy atom. The van der Waals surface area contributed by atoms with Gasteiger partial charge in [0.15, 0.2) is 0 Å². The van der Waals surface area contributed by atoms with Crippen LogP contribution in [0.15, 0.2) is 89.2 Å². The van der Waals surface area contributed by atoms with E-state index < -0.39 is 0 Å². The molecule has 0 aliphatic carbocycles. The molecule has 1 fully saturated rings. The molecule has 0 bridgehead atoms. The molecule has 3 heterocycles. The van der Waals surface area contributed by atoms with Gasteiger partial charge in [0.2, 0.25) is 5.88 Å². The third kappa shape index (κ3) is 5.74. The molecule has 0 radical (unpaired) electrons. The van der Waals surface area contributed by atoms with Crippen LogP contribution in [0.2, 0.25) is 0 Å². The minimum Gasteiger partial charge on any atom is -0.477 e. The molecule has 0 saturated carbocycles. The summed E-state index contributed by atoms with van der Waals surface area (Å²) in [5.41, 5.74) is 3.72. The second-order valence-corrected chi connectivity index (χ2v) is 8.10. The molecule has 0 amide bonds. The summed E-state index contributed by atoms with van der Waals surface area (Å²) in [5.74, 6) is 0.593. The summed E-state index contributed by atoms with van der Waals surface area (Å²) >= 11 is 0. The third-order valence-corrected chi connectivity index (χ3v) is 5.70. The van der Waals surface area contributed by atoms with Gasteiger partial charge in [-0.2, -0.15) is 10.2 Å². The zero-order chi connectivity index (χ0) is 23.0. The van der Waals surface area contributed by atoms with Gasteiger partial charge in [0.1, 0.15) is 6.54 Å². The first-order valence-corrected chi connectivity index (χ1v) is 11.6. The lowest BCUT2D eigenvalue weighted by Gasteiger charge is -2.29. The van der Waals surface area contributed by atoms with Crippen molar-refractivity contribution in [2.45, 2.75) is 13.0 Å². The molecular weight excluding hydrogens is 426 g/mol. The van der Waals surface area contributed by atoms with Crippen LogP contribution in [0.5, 0.6) is 5.88 Å². The van der Waals surface area contributed by atoms with Crippen molar-refractivity contribution in [2.24, 2.45) is 10.2 Å². The Hall–Kier alpha value is -3.84. The monoisotopic (exact) mass is 453 g/mol. The molecule has 4 aromatic rings. The smallest absolute Gasteiger partial charge is 0.215 e. The van der Waals surface area contributed by atoms with E-state index in [0.29, 0.717) is 19.0 Å². The number of rotatable bonds is 8. The van der Waals surface area contributed by atoms with Gasteiger partial charge in [-0.05, 0) is 41.1 Å². The molecule has 1 aliphatic heterocycles. The molecule has 0 spiro atoms. The van der Waals surface area contributed by atoms with Crippen LogP contribution in [-0.4, -0.2) is 42.9 Å². The first-order chi connectivity index (χ1) is 16.8. The minimum atomic E-state index is 0.377. The summed E-state index contributed by atoms with van der Waals surface area (Å²) in [6, 6.07) is 24.3. The Bertz CT molecular complexity index is 1260. The Morgan fingerprint density at radius 2 is 1.74 bits per heavy atom. The Morgan fingerprint density at radius 3 is 2.59 bits per heavy atom. The van der Waals surface area contributed by atoms with Crippen LogP contribution in [0.25, 0.3) is 10.8 Å². The van der Waals surface area contributed by atoms with Crippen molar-refractivity contribution in [1.82, 2.24) is 9.97 Å². The molecule has 0 N–H and O–H groups in total. The number of nitrogens with zero attached hydrogens (tertiary/aromatic N) is 5. The number of azo groups is 1. The normalized spacial score (nSPS) is 14.1. The average molecular weight is 454 g/mol. The van der Waals surface area contributed by atoms with Crippen LogP contribution in [0.1, 0.15) is 11.4 Å². The predicted molar refractivity (Wildman–Crippen MR) is 133 cm³/mol. The number of aromatic nitrogens is 2. The second kappa shape index (κ2) is 10.9. The quantitative estimate of drug-likeness (QED) is 0.335. The van der Waals surface area contributed by atoms with Crippen molar-refractivity contribution < 1.29 is 9.47 Å². The first kappa shape index (κ1) is 22.0. The maximum Gasteiger partial charge on any atom is 0.215 e. The van der Waals surface area contributed by atoms with E-state index in [-0.39, 0.29) is 0 Å². The number of ether oxygens (including phenoxy) is 2. The molecule has 0 atom stereocenters. The molecule has 5 rings (SSSR count). The molecule has 1 aliphatic rings. The van der Waals surface area contributed by atoms with Gasteiger partial charge in [-0.15, -0.1) is 0 Å². The van der Waals surface area contributed by atoms with Gasteiger partial charge < -0.3 is 14.4 Å². The zero-order valence-corrected chi connectivity index (χ0v) is 19.0. The van der Waals surface area contributed by atoms with Gasteiger partial charge in [-0.1, -0.05) is 36.4 Å². The maximum absolute atomic E-state index is 6.01. The van der Waals surface area contributed by atoms with Gasteiger partial charge >= 0.3 is 0 Å². The molecule has 7 nitrogen and oxygen atoms in total. The second-order valence-electron chi connectivity index (χ2n) is 8.10. The Balaban J connectivity index is 1.30. The highest BCUT2D eigenvalue weighted by Gasteiger charge is 2.14. The van der Waals surface area contributed by atoms with Gasteiger partial charge in [0.05, 0.1) is 31.2 Å². The van der Waals surface area contributed by atoms with E-state index in [1.54, 1.807) is 6.20 Å². The first-order valence-electron chi connectivity index (χ1n) is 11.6. The lowest BCUT2D eigenvalue weighted by molar-refractivity contribution is 0.122. The van der Waals surface area contributed by atoms with Crippen molar-refractivity contribution in [2.75, 3.05) is 37.8 Å². The van der Waals surface area contributed by atoms with Crippen molar-refractivity contribution in [3.8, 4) is 5.88 Å². The summed E-state index contributed by atoms with van der Waals surface area (Å²) in [4.78, 5) is 11.3. The molecule has 7 heteroatoms. The highest BCUT2D eigenvalue weighted by Crippen LogP contribution is 2.24. The number of fused-ring (bicyclic) bond motifs is 1. The SMILES string of the molecule is c1ccc(CCOc2cc(N3CCOCC3)cc(CN=Nc3ccc4ccccc4c3)n2)nc1. The lowest BCUT2D eigenvalue weighted by Crippen LogP contribution is -2.36. The van der Waals surface area contributed by atoms with Gasteiger partial charge in [0.25, 0.3) is 0 Å². The van der Waals surface area contributed by atoms with Crippen LogP contribution < -0.4 is 9.64 Å². The Kier molecular flexibility index (Phi) is 7.01. The number of benzene rings is 2. The molecule has 0 unspecified atom stereocenters. The number of anilines is 1. The topological polar surface area (TPSA) is 72.2 Å². The van der Waals surface area contributed by atoms with Gasteiger partial charge in [-0.3, -0.25) is 4.98 Å². The number of pyridine rings is 2. The van der Waals surface area contributed by atoms with Crippen LogP contribution >= 0.6 is 0 Å². The van der Waals surface area contributed by atoms with E-state index in [4.69, 9.17) is 9.47 Å². The van der Waals surface area contributed by atoms with Crippen molar-refractivity contribution in [3.63, 3.8) is 0 Å². The summed E-state index contributed by atoms with van der Waals surface area (Å²) in [6.45, 7) is 4.01. The van der Waals surface area contributed by atoms with Crippen LogP contribution in [0, 0.1) is 0 Å². The fourth-order valence-corrected chi connectivity index (χ4v) is 3.94. The lowest BCUT2D eigenvalue weighted by atomic mass is 10.1. The molecule has 2 aromatic carbocycles. The third-order valence-electron chi connectivity index (χ3n) is 5.70. The van der Waals surface area contributed by atoms with Crippen LogP contribution in [0.4, 0.5) is 11.4 Å². The van der Waals surface area contributed by atoms with Crippen molar-refractivity contribution in [3.05, 3.63) is 90.4 Å². The fraction of sp³-hybridized carbons (Fsp3) is 0.259. The highest BCUT2D eigenvalue weighted by molar-refractivity contribution is 5.85. The predicted octanol–water partition coefficient (Wildman–Crippen LogP) is 5.37. The Labute approximate surface area is 199 Å². The fourth-order valence-electron chi connectivity index (χ4n) is 3.94. The van der Waals surface area contributed by atoms with E-state index in [1.165, 1.54) is 5.39 Å². The zero-order valence-electron chi connectivity index (χ0n) is 19.0. The summed E-state index contributed by atoms with van der Waals surface area (Å²) in [7, 11) is 0. The number of hydrogen-bond donors (Lipinski definition) is 0. The average Bonchev–Trinajstić information content (AvgIpc) is 2.90. The summed E-state index contributed by atoms with van der Waals surface area (Å²) in [6.07, 6.45) is 2.52. The van der Waals surface area contributed by atoms with E-state index in [1.807, 2.05) is 48.5 Å². The standard InChI is InChI=1S/C27H27N5O2/c1-2-6-22-17-24(9-8-21(22)5-1)31-29-20-25-18-26(32-12-15-33-16-13-32)19-27(30-25)34-14-10-23-7-3-4-11-28-23/h1-9,11,17-19H,10,12-16,20H2. The largest absolute Gasteiger partial charge is 0.477 e. The highest BCUT2D eigenvalue weighted by atomic mass is 16.5. The number of morpholine rings is 1. The van der Waals surface area contributed by atoms with E-state index in [2.05, 4.69) is 49.4 Å². The van der Waals surface area contributed by atoms with Crippen molar-refractivity contribution >= 4 is 22.1 Å². The molecule has 2 aromatic heterocycles.